The van der Waals surface area contributed by atoms with Crippen LogP contribution in [-0.4, -0.2) is 18.0 Å². The van der Waals surface area contributed by atoms with Gasteiger partial charge < -0.3 is 14.8 Å². The molecule has 0 radical (unpaired) electrons. The molecule has 3 rings (SSSR count). The minimum atomic E-state index is -0.208. The van der Waals surface area contributed by atoms with E-state index in [1.807, 2.05) is 62.4 Å². The molecule has 3 aromatic rings. The van der Waals surface area contributed by atoms with Crippen molar-refractivity contribution in [3.8, 4) is 11.5 Å². The van der Waals surface area contributed by atoms with E-state index in [4.69, 9.17) is 9.47 Å². The average Bonchev–Trinajstić information content (AvgIpc) is 2.75. The highest BCUT2D eigenvalue weighted by molar-refractivity contribution is 6.05. The van der Waals surface area contributed by atoms with E-state index in [2.05, 4.69) is 23.3 Å². The zero-order valence-electron chi connectivity index (χ0n) is 17.9. The number of amides is 1. The van der Waals surface area contributed by atoms with Gasteiger partial charge in [0.1, 0.15) is 11.5 Å². The van der Waals surface area contributed by atoms with Gasteiger partial charge in [-0.3, -0.25) is 9.78 Å². The molecule has 1 heterocycles. The van der Waals surface area contributed by atoms with Crippen molar-refractivity contribution >= 4 is 11.6 Å². The Balaban J connectivity index is 1.75. The minimum Gasteiger partial charge on any atom is -0.457 e. The van der Waals surface area contributed by atoms with E-state index in [1.165, 1.54) is 5.56 Å². The van der Waals surface area contributed by atoms with Gasteiger partial charge in [0.25, 0.3) is 5.91 Å². The van der Waals surface area contributed by atoms with Crippen LogP contribution in [0.5, 0.6) is 11.5 Å². The van der Waals surface area contributed by atoms with E-state index in [0.717, 1.165) is 24.3 Å². The van der Waals surface area contributed by atoms with Gasteiger partial charge in [-0.2, -0.15) is 0 Å². The second-order valence-electron chi connectivity index (χ2n) is 7.19. The van der Waals surface area contributed by atoms with Gasteiger partial charge in [-0.05, 0) is 56.2 Å². The van der Waals surface area contributed by atoms with Crippen LogP contribution in [0.3, 0.4) is 0 Å². The fourth-order valence-corrected chi connectivity index (χ4v) is 3.21. The number of ether oxygens (including phenoxy) is 2. The van der Waals surface area contributed by atoms with Crippen molar-refractivity contribution < 1.29 is 14.3 Å². The van der Waals surface area contributed by atoms with E-state index >= 15 is 0 Å². The van der Waals surface area contributed by atoms with Crippen molar-refractivity contribution in [3.05, 3.63) is 83.2 Å². The summed E-state index contributed by atoms with van der Waals surface area (Å²) in [5.41, 5.74) is 3.82. The van der Waals surface area contributed by atoms with Gasteiger partial charge in [0.05, 0.1) is 23.1 Å². The molecule has 0 aliphatic heterocycles. The van der Waals surface area contributed by atoms with Crippen LogP contribution in [0.2, 0.25) is 0 Å². The lowest BCUT2D eigenvalue weighted by atomic mass is 10.1. The quantitative estimate of drug-likeness (QED) is 0.493. The van der Waals surface area contributed by atoms with Crippen LogP contribution in [-0.2, 0) is 11.2 Å². The molecule has 1 unspecified atom stereocenters. The van der Waals surface area contributed by atoms with Crippen LogP contribution in [0, 0.1) is 6.92 Å². The Kier molecular flexibility index (Phi) is 7.20. The molecule has 0 saturated heterocycles. The van der Waals surface area contributed by atoms with E-state index in [0.29, 0.717) is 22.7 Å². The Bertz CT molecular complexity index is 1020. The summed E-state index contributed by atoms with van der Waals surface area (Å²) in [4.78, 5) is 17.3. The number of carbonyl (C=O) groups is 1. The molecule has 1 aromatic heterocycles. The summed E-state index contributed by atoms with van der Waals surface area (Å²) in [5.74, 6) is 1.31. The van der Waals surface area contributed by atoms with E-state index in [1.54, 1.807) is 13.2 Å². The molecule has 1 amide bonds. The third-order valence-corrected chi connectivity index (χ3v) is 4.93. The van der Waals surface area contributed by atoms with Crippen molar-refractivity contribution in [2.45, 2.75) is 39.7 Å². The number of hydrogen-bond acceptors (Lipinski definition) is 4. The first kappa shape index (κ1) is 21.5. The lowest BCUT2D eigenvalue weighted by Crippen LogP contribution is -2.15. The molecule has 0 aliphatic rings. The lowest BCUT2D eigenvalue weighted by Gasteiger charge is -2.13. The fraction of sp³-hybridized carbons (Fsp3) is 0.280. The first-order valence-electron chi connectivity index (χ1n) is 10.2. The maximum atomic E-state index is 12.8. The number of carbonyl (C=O) groups excluding carboxylic acids is 1. The van der Waals surface area contributed by atoms with Crippen LogP contribution in [0.1, 0.15) is 53.7 Å². The molecule has 0 bridgehead atoms. The number of hydrogen-bond donors (Lipinski definition) is 1. The molecule has 0 fully saturated rings. The number of anilines is 1. The van der Waals surface area contributed by atoms with Crippen LogP contribution < -0.4 is 10.1 Å². The number of nitrogens with zero attached hydrogens (tertiary/aromatic N) is 1. The molecule has 156 valence electrons. The molecular weight excluding hydrogens is 376 g/mol. The third-order valence-electron chi connectivity index (χ3n) is 4.93. The largest absolute Gasteiger partial charge is 0.457 e. The third kappa shape index (κ3) is 5.24. The standard InChI is InChI=1S/C25H28N2O3/c1-5-9-19-10-6-7-13-24(19)30-21-12-8-11-20(16-21)27-25(28)22-14-15-23(18(3)29-4)26-17(22)2/h6-8,10-16,18H,5,9H2,1-4H3,(H,27,28). The predicted octanol–water partition coefficient (Wildman–Crippen LogP) is 6.09. The van der Waals surface area contributed by atoms with Crippen LogP contribution >= 0.6 is 0 Å². The number of aromatic nitrogens is 1. The first-order chi connectivity index (χ1) is 14.5. The molecule has 0 aliphatic carbocycles. The topological polar surface area (TPSA) is 60.5 Å². The summed E-state index contributed by atoms with van der Waals surface area (Å²) in [6.07, 6.45) is 1.88. The van der Waals surface area contributed by atoms with E-state index in [9.17, 15) is 4.79 Å². The van der Waals surface area contributed by atoms with Crippen molar-refractivity contribution in [2.75, 3.05) is 12.4 Å². The Morgan fingerprint density at radius 2 is 1.90 bits per heavy atom. The van der Waals surface area contributed by atoms with Crippen LogP contribution in [0.25, 0.3) is 0 Å². The number of pyridine rings is 1. The highest BCUT2D eigenvalue weighted by atomic mass is 16.5. The van der Waals surface area contributed by atoms with Crippen molar-refractivity contribution in [2.24, 2.45) is 0 Å². The molecular formula is C25H28N2O3. The second-order valence-corrected chi connectivity index (χ2v) is 7.19. The summed E-state index contributed by atoms with van der Waals surface area (Å²) < 4.78 is 11.4. The van der Waals surface area contributed by atoms with Crippen LogP contribution in [0.15, 0.2) is 60.7 Å². The molecule has 30 heavy (non-hydrogen) atoms. The van der Waals surface area contributed by atoms with Gasteiger partial charge in [0.15, 0.2) is 0 Å². The van der Waals surface area contributed by atoms with E-state index in [-0.39, 0.29) is 12.0 Å². The van der Waals surface area contributed by atoms with Gasteiger partial charge in [-0.25, -0.2) is 0 Å². The highest BCUT2D eigenvalue weighted by Gasteiger charge is 2.14. The SMILES string of the molecule is CCCc1ccccc1Oc1cccc(NC(=O)c2ccc(C(C)OC)nc2C)c1. The van der Waals surface area contributed by atoms with Crippen molar-refractivity contribution in [1.82, 2.24) is 4.98 Å². The maximum absolute atomic E-state index is 12.8. The predicted molar refractivity (Wildman–Crippen MR) is 119 cm³/mol. The van der Waals surface area contributed by atoms with Gasteiger partial charge >= 0.3 is 0 Å². The second kappa shape index (κ2) is 10.0. The fourth-order valence-electron chi connectivity index (χ4n) is 3.21. The summed E-state index contributed by atoms with van der Waals surface area (Å²) in [6, 6.07) is 19.0. The Hall–Kier alpha value is -3.18. The van der Waals surface area contributed by atoms with Gasteiger partial charge in [0, 0.05) is 18.9 Å². The summed E-state index contributed by atoms with van der Waals surface area (Å²) in [7, 11) is 1.64. The monoisotopic (exact) mass is 404 g/mol. The molecule has 1 N–H and O–H groups in total. The number of nitrogens with one attached hydrogen (secondary N) is 1. The zero-order valence-corrected chi connectivity index (χ0v) is 17.9. The average molecular weight is 405 g/mol. The Morgan fingerprint density at radius 1 is 1.10 bits per heavy atom. The van der Waals surface area contributed by atoms with Gasteiger partial charge in [0.2, 0.25) is 0 Å². The molecule has 1 atom stereocenters. The molecule has 5 heteroatoms. The van der Waals surface area contributed by atoms with Crippen LogP contribution in [0.4, 0.5) is 5.69 Å². The number of aryl methyl sites for hydroxylation is 2. The van der Waals surface area contributed by atoms with E-state index < -0.39 is 0 Å². The van der Waals surface area contributed by atoms with Crippen molar-refractivity contribution in [3.63, 3.8) is 0 Å². The molecule has 5 nitrogen and oxygen atoms in total. The summed E-state index contributed by atoms with van der Waals surface area (Å²) >= 11 is 0. The molecule has 0 saturated carbocycles. The summed E-state index contributed by atoms with van der Waals surface area (Å²) in [6.45, 7) is 5.89. The first-order valence-corrected chi connectivity index (χ1v) is 10.2. The maximum Gasteiger partial charge on any atom is 0.257 e. The smallest absolute Gasteiger partial charge is 0.257 e. The highest BCUT2D eigenvalue weighted by Crippen LogP contribution is 2.28. The normalized spacial score (nSPS) is 11.7. The minimum absolute atomic E-state index is 0.120. The van der Waals surface area contributed by atoms with Gasteiger partial charge in [-0.15, -0.1) is 0 Å². The number of para-hydroxylation sites is 1. The lowest BCUT2D eigenvalue weighted by molar-refractivity contribution is 0.102. The number of methoxy groups -OCH3 is 1. The molecule has 0 spiro atoms. The van der Waals surface area contributed by atoms with Gasteiger partial charge in [-0.1, -0.05) is 37.6 Å². The number of benzene rings is 2. The number of rotatable bonds is 8. The zero-order chi connectivity index (χ0) is 21.5. The van der Waals surface area contributed by atoms with Crippen molar-refractivity contribution in [1.29, 1.82) is 0 Å². The summed E-state index contributed by atoms with van der Waals surface area (Å²) in [5, 5.41) is 2.94. The molecule has 2 aromatic carbocycles. The Labute approximate surface area is 178 Å². The Morgan fingerprint density at radius 3 is 2.63 bits per heavy atom.